The zero-order valence-electron chi connectivity index (χ0n) is 9.30. The molecule has 0 radical (unpaired) electrons. The monoisotopic (exact) mass is 260 g/mol. The van der Waals surface area contributed by atoms with Gasteiger partial charge in [-0.25, -0.2) is 4.79 Å². The van der Waals surface area contributed by atoms with Gasteiger partial charge in [0.05, 0.1) is 5.56 Å². The summed E-state index contributed by atoms with van der Waals surface area (Å²) in [5, 5.41) is -0.607. The van der Waals surface area contributed by atoms with Gasteiger partial charge in [0.25, 0.3) is 5.24 Å². The van der Waals surface area contributed by atoms with Crippen LogP contribution in [0.1, 0.15) is 20.7 Å². The Bertz CT molecular complexity index is 579. The number of para-hydroxylation sites is 1. The van der Waals surface area contributed by atoms with Crippen LogP contribution in [0, 0.1) is 0 Å². The summed E-state index contributed by atoms with van der Waals surface area (Å²) >= 11 is 5.35. The lowest BCUT2D eigenvalue weighted by molar-refractivity contribution is 0.0735. The van der Waals surface area contributed by atoms with E-state index in [1.54, 1.807) is 36.4 Å². The normalized spacial score (nSPS) is 9.83. The molecule has 0 spiro atoms. The molecule has 2 aromatic rings. The van der Waals surface area contributed by atoms with Crippen molar-refractivity contribution in [3.63, 3.8) is 0 Å². The Morgan fingerprint density at radius 3 is 2.22 bits per heavy atom. The number of carbonyl (C=O) groups excluding carboxylic acids is 2. The topological polar surface area (TPSA) is 43.4 Å². The van der Waals surface area contributed by atoms with Crippen LogP contribution in [0.3, 0.4) is 0 Å². The van der Waals surface area contributed by atoms with Crippen LogP contribution in [0.15, 0.2) is 54.6 Å². The van der Waals surface area contributed by atoms with E-state index in [9.17, 15) is 9.59 Å². The van der Waals surface area contributed by atoms with E-state index in [0.29, 0.717) is 5.75 Å². The molecule has 2 aromatic carbocycles. The average molecular weight is 261 g/mol. The van der Waals surface area contributed by atoms with Crippen LogP contribution >= 0.6 is 11.6 Å². The van der Waals surface area contributed by atoms with E-state index >= 15 is 0 Å². The summed E-state index contributed by atoms with van der Waals surface area (Å²) in [6, 6.07) is 14.8. The standard InChI is InChI=1S/C14H9ClO3/c15-13(16)10-5-4-6-11(9-10)14(17)18-12-7-2-1-3-8-12/h1-9H. The van der Waals surface area contributed by atoms with Gasteiger partial charge in [-0.3, -0.25) is 4.79 Å². The first-order valence-electron chi connectivity index (χ1n) is 5.24. The van der Waals surface area contributed by atoms with Gasteiger partial charge in [0.2, 0.25) is 0 Å². The molecule has 18 heavy (non-hydrogen) atoms. The van der Waals surface area contributed by atoms with Crippen LogP contribution in [-0.4, -0.2) is 11.2 Å². The number of carbonyl (C=O) groups is 2. The Labute approximate surface area is 109 Å². The zero-order chi connectivity index (χ0) is 13.0. The molecule has 2 rings (SSSR count). The van der Waals surface area contributed by atoms with Gasteiger partial charge in [0, 0.05) is 5.56 Å². The van der Waals surface area contributed by atoms with Crippen molar-refractivity contribution < 1.29 is 14.3 Å². The molecule has 0 aromatic heterocycles. The second kappa shape index (κ2) is 5.47. The van der Waals surface area contributed by atoms with Gasteiger partial charge in [-0.05, 0) is 35.9 Å². The first-order chi connectivity index (χ1) is 8.66. The first-order valence-corrected chi connectivity index (χ1v) is 5.62. The third kappa shape index (κ3) is 2.96. The smallest absolute Gasteiger partial charge is 0.343 e. The Morgan fingerprint density at radius 2 is 1.56 bits per heavy atom. The lowest BCUT2D eigenvalue weighted by Gasteiger charge is -2.04. The second-order valence-corrected chi connectivity index (χ2v) is 3.90. The van der Waals surface area contributed by atoms with Crippen molar-refractivity contribution in [2.24, 2.45) is 0 Å². The number of benzene rings is 2. The SMILES string of the molecule is O=C(Cl)c1cccc(C(=O)Oc2ccccc2)c1. The maximum Gasteiger partial charge on any atom is 0.343 e. The number of hydrogen-bond donors (Lipinski definition) is 0. The molecule has 0 N–H and O–H groups in total. The minimum atomic E-state index is -0.607. The lowest BCUT2D eigenvalue weighted by Crippen LogP contribution is -2.09. The molecule has 0 fully saturated rings. The van der Waals surface area contributed by atoms with E-state index in [1.165, 1.54) is 12.1 Å². The highest BCUT2D eigenvalue weighted by Gasteiger charge is 2.10. The molecule has 0 aliphatic carbocycles. The number of rotatable bonds is 3. The van der Waals surface area contributed by atoms with Crippen molar-refractivity contribution in [3.8, 4) is 5.75 Å². The number of halogens is 1. The van der Waals surface area contributed by atoms with E-state index in [-0.39, 0.29) is 11.1 Å². The van der Waals surface area contributed by atoms with Gasteiger partial charge >= 0.3 is 5.97 Å². The molecule has 0 atom stereocenters. The summed E-state index contributed by atoms with van der Waals surface area (Å²) in [5.41, 5.74) is 0.546. The van der Waals surface area contributed by atoms with Crippen molar-refractivity contribution in [1.29, 1.82) is 0 Å². The Morgan fingerprint density at radius 1 is 0.889 bits per heavy atom. The summed E-state index contributed by atoms with van der Waals surface area (Å²) < 4.78 is 5.14. The fourth-order valence-corrected chi connectivity index (χ4v) is 1.54. The minimum absolute atomic E-state index is 0.263. The van der Waals surface area contributed by atoms with Gasteiger partial charge in [-0.2, -0.15) is 0 Å². The molecule has 4 heteroatoms. The van der Waals surface area contributed by atoms with Crippen LogP contribution in [0.2, 0.25) is 0 Å². The quantitative estimate of drug-likeness (QED) is 0.483. The Balaban J connectivity index is 2.19. The van der Waals surface area contributed by atoms with Crippen molar-refractivity contribution in [2.75, 3.05) is 0 Å². The van der Waals surface area contributed by atoms with E-state index in [0.717, 1.165) is 0 Å². The summed E-state index contributed by atoms with van der Waals surface area (Å²) in [4.78, 5) is 22.8. The maximum atomic E-state index is 11.8. The molecule has 0 saturated heterocycles. The number of ether oxygens (including phenoxy) is 1. The third-order valence-corrected chi connectivity index (χ3v) is 2.50. The van der Waals surface area contributed by atoms with E-state index in [1.807, 2.05) is 6.07 Å². The fourth-order valence-electron chi connectivity index (χ4n) is 1.42. The summed E-state index contributed by atoms with van der Waals surface area (Å²) in [5.74, 6) is -0.0777. The van der Waals surface area contributed by atoms with Gasteiger partial charge in [-0.1, -0.05) is 30.3 Å². The molecule has 3 nitrogen and oxygen atoms in total. The highest BCUT2D eigenvalue weighted by Crippen LogP contribution is 2.13. The molecule has 0 unspecified atom stereocenters. The van der Waals surface area contributed by atoms with Crippen LogP contribution in [-0.2, 0) is 0 Å². The van der Waals surface area contributed by atoms with Crippen molar-refractivity contribution in [1.82, 2.24) is 0 Å². The first kappa shape index (κ1) is 12.3. The summed E-state index contributed by atoms with van der Waals surface area (Å²) in [6.45, 7) is 0. The van der Waals surface area contributed by atoms with Gasteiger partial charge in [0.1, 0.15) is 5.75 Å². The number of esters is 1. The van der Waals surface area contributed by atoms with Crippen LogP contribution in [0.25, 0.3) is 0 Å². The zero-order valence-corrected chi connectivity index (χ0v) is 10.1. The van der Waals surface area contributed by atoms with Crippen LogP contribution in [0.5, 0.6) is 5.75 Å². The molecule has 0 saturated carbocycles. The molecule has 0 bridgehead atoms. The summed E-state index contributed by atoms with van der Waals surface area (Å²) in [6.07, 6.45) is 0. The fraction of sp³-hybridized carbons (Fsp3) is 0. The summed E-state index contributed by atoms with van der Waals surface area (Å²) in [7, 11) is 0. The van der Waals surface area contributed by atoms with Crippen LogP contribution in [0.4, 0.5) is 0 Å². The highest BCUT2D eigenvalue weighted by molar-refractivity contribution is 6.67. The van der Waals surface area contributed by atoms with Crippen LogP contribution < -0.4 is 4.74 Å². The van der Waals surface area contributed by atoms with Gasteiger partial charge in [0.15, 0.2) is 0 Å². The van der Waals surface area contributed by atoms with Crippen molar-refractivity contribution in [3.05, 3.63) is 65.7 Å². The average Bonchev–Trinajstić information content (AvgIpc) is 2.40. The predicted molar refractivity (Wildman–Crippen MR) is 68.0 cm³/mol. The maximum absolute atomic E-state index is 11.8. The number of hydrogen-bond acceptors (Lipinski definition) is 3. The second-order valence-electron chi connectivity index (χ2n) is 3.56. The predicted octanol–water partition coefficient (Wildman–Crippen LogP) is 3.28. The van der Waals surface area contributed by atoms with Gasteiger partial charge < -0.3 is 4.74 Å². The Hall–Kier alpha value is -2.13. The molecule has 90 valence electrons. The Kier molecular flexibility index (Phi) is 3.75. The molecule has 0 aliphatic heterocycles. The molecular weight excluding hydrogens is 252 g/mol. The van der Waals surface area contributed by atoms with E-state index < -0.39 is 11.2 Å². The van der Waals surface area contributed by atoms with Crippen molar-refractivity contribution in [2.45, 2.75) is 0 Å². The molecule has 0 amide bonds. The molecule has 0 heterocycles. The lowest BCUT2D eigenvalue weighted by atomic mass is 10.1. The van der Waals surface area contributed by atoms with Gasteiger partial charge in [-0.15, -0.1) is 0 Å². The minimum Gasteiger partial charge on any atom is -0.423 e. The largest absolute Gasteiger partial charge is 0.423 e. The third-order valence-electron chi connectivity index (χ3n) is 2.28. The van der Waals surface area contributed by atoms with Crippen molar-refractivity contribution >= 4 is 22.8 Å². The molecular formula is C14H9ClO3. The van der Waals surface area contributed by atoms with E-state index in [4.69, 9.17) is 16.3 Å². The highest BCUT2D eigenvalue weighted by atomic mass is 35.5. The molecule has 0 aliphatic rings. The van der Waals surface area contributed by atoms with E-state index in [2.05, 4.69) is 0 Å².